The summed E-state index contributed by atoms with van der Waals surface area (Å²) >= 11 is 4.93. The van der Waals surface area contributed by atoms with E-state index in [-0.39, 0.29) is 11.3 Å². The summed E-state index contributed by atoms with van der Waals surface area (Å²) in [7, 11) is 0. The van der Waals surface area contributed by atoms with E-state index >= 15 is 0 Å². The van der Waals surface area contributed by atoms with Crippen molar-refractivity contribution in [1.82, 2.24) is 0 Å². The quantitative estimate of drug-likeness (QED) is 0.567. The molecule has 0 aliphatic rings. The third-order valence-corrected chi connectivity index (χ3v) is 2.27. The second kappa shape index (κ2) is 2.51. The number of hydrogen-bond acceptors (Lipinski definition) is 4. The highest BCUT2D eigenvalue weighted by Gasteiger charge is 2.14. The van der Waals surface area contributed by atoms with Crippen LogP contribution in [0.1, 0.15) is 10.4 Å². The molecule has 0 aliphatic carbocycles. The zero-order chi connectivity index (χ0) is 7.72. The maximum Gasteiger partial charge on any atom is 0.341 e. The lowest BCUT2D eigenvalue weighted by atomic mass is 10.3. The second-order valence-electron chi connectivity index (χ2n) is 1.61. The fraction of sp³-hybridized carbons (Fsp3) is 0. The molecular formula is C5H4O3S2. The monoisotopic (exact) mass is 176 g/mol. The van der Waals surface area contributed by atoms with Gasteiger partial charge in [-0.25, -0.2) is 4.79 Å². The lowest BCUT2D eigenvalue weighted by molar-refractivity contribution is 0.0691. The van der Waals surface area contributed by atoms with Crippen molar-refractivity contribution in [3.05, 3.63) is 10.9 Å². The molecule has 10 heavy (non-hydrogen) atoms. The van der Waals surface area contributed by atoms with Gasteiger partial charge in [-0.05, 0) is 0 Å². The Kier molecular flexibility index (Phi) is 1.87. The van der Waals surface area contributed by atoms with Crippen LogP contribution in [0.15, 0.2) is 9.59 Å². The van der Waals surface area contributed by atoms with Crippen LogP contribution in [0.2, 0.25) is 0 Å². The summed E-state index contributed by atoms with van der Waals surface area (Å²) < 4.78 is 0.324. The molecule has 0 aromatic carbocycles. The van der Waals surface area contributed by atoms with Crippen molar-refractivity contribution in [3.63, 3.8) is 0 Å². The molecule has 0 fully saturated rings. The summed E-state index contributed by atoms with van der Waals surface area (Å²) in [6.07, 6.45) is 0. The topological polar surface area (TPSA) is 57.5 Å². The highest BCUT2D eigenvalue weighted by atomic mass is 32.2. The largest absolute Gasteiger partial charge is 0.506 e. The average molecular weight is 176 g/mol. The Morgan fingerprint density at radius 2 is 2.30 bits per heavy atom. The molecule has 0 aliphatic heterocycles. The van der Waals surface area contributed by atoms with Crippen LogP contribution in [-0.2, 0) is 0 Å². The van der Waals surface area contributed by atoms with E-state index in [1.54, 1.807) is 0 Å². The van der Waals surface area contributed by atoms with Crippen molar-refractivity contribution in [2.24, 2.45) is 0 Å². The summed E-state index contributed by atoms with van der Waals surface area (Å²) in [6, 6.07) is 0. The Bertz CT molecular complexity index is 246. The molecule has 0 radical (unpaired) electrons. The van der Waals surface area contributed by atoms with Crippen molar-refractivity contribution in [3.8, 4) is 5.75 Å². The normalized spacial score (nSPS) is 9.70. The molecule has 1 rings (SSSR count). The lowest BCUT2D eigenvalue weighted by Gasteiger charge is -1.89. The summed E-state index contributed by atoms with van der Waals surface area (Å²) in [5.41, 5.74) is -0.117. The first kappa shape index (κ1) is 7.43. The first-order chi connectivity index (χ1) is 4.63. The fourth-order valence-electron chi connectivity index (χ4n) is 0.540. The SMILES string of the molecule is O=C(O)c1c(O)csc1S. The molecule has 3 nitrogen and oxygen atoms in total. The summed E-state index contributed by atoms with van der Waals surface area (Å²) in [4.78, 5) is 10.3. The summed E-state index contributed by atoms with van der Waals surface area (Å²) in [6.45, 7) is 0. The molecule has 0 unspecified atom stereocenters. The Hall–Kier alpha value is -0.680. The number of aromatic hydroxyl groups is 1. The number of hydrogen-bond donors (Lipinski definition) is 3. The van der Waals surface area contributed by atoms with Crippen molar-refractivity contribution in [2.75, 3.05) is 0 Å². The molecule has 0 saturated carbocycles. The first-order valence-electron chi connectivity index (χ1n) is 2.35. The van der Waals surface area contributed by atoms with E-state index in [9.17, 15) is 4.79 Å². The van der Waals surface area contributed by atoms with E-state index in [4.69, 9.17) is 10.2 Å². The maximum absolute atomic E-state index is 10.3. The van der Waals surface area contributed by atoms with Crippen LogP contribution < -0.4 is 0 Å². The highest BCUT2D eigenvalue weighted by molar-refractivity contribution is 7.83. The molecular weight excluding hydrogens is 172 g/mol. The number of carbonyl (C=O) groups is 1. The van der Waals surface area contributed by atoms with Gasteiger partial charge in [0.2, 0.25) is 0 Å². The third kappa shape index (κ3) is 1.10. The predicted molar refractivity (Wildman–Crippen MR) is 40.2 cm³/mol. The minimum Gasteiger partial charge on any atom is -0.506 e. The highest BCUT2D eigenvalue weighted by Crippen LogP contribution is 2.30. The van der Waals surface area contributed by atoms with Gasteiger partial charge in [-0.3, -0.25) is 0 Å². The molecule has 5 heteroatoms. The zero-order valence-corrected chi connectivity index (χ0v) is 6.45. The molecule has 1 aromatic heterocycles. The second-order valence-corrected chi connectivity index (χ2v) is 3.24. The van der Waals surface area contributed by atoms with E-state index in [1.165, 1.54) is 5.38 Å². The van der Waals surface area contributed by atoms with Gasteiger partial charge in [-0.2, -0.15) is 0 Å². The molecule has 2 N–H and O–H groups in total. The van der Waals surface area contributed by atoms with Crippen LogP contribution in [0.3, 0.4) is 0 Å². The maximum atomic E-state index is 10.3. The van der Waals surface area contributed by atoms with E-state index in [1.807, 2.05) is 0 Å². The third-order valence-electron chi connectivity index (χ3n) is 0.966. The Labute approximate surface area is 66.3 Å². The number of aromatic carboxylic acids is 1. The van der Waals surface area contributed by atoms with Gasteiger partial charge in [0.15, 0.2) is 0 Å². The van der Waals surface area contributed by atoms with Gasteiger partial charge in [0.05, 0.1) is 4.21 Å². The number of thiol groups is 1. The van der Waals surface area contributed by atoms with Crippen LogP contribution in [0.4, 0.5) is 0 Å². The molecule has 54 valence electrons. The number of rotatable bonds is 1. The van der Waals surface area contributed by atoms with Gasteiger partial charge in [0, 0.05) is 5.38 Å². The van der Waals surface area contributed by atoms with Crippen molar-refractivity contribution < 1.29 is 15.0 Å². The van der Waals surface area contributed by atoms with Gasteiger partial charge in [0.25, 0.3) is 0 Å². The zero-order valence-electron chi connectivity index (χ0n) is 4.74. The van der Waals surface area contributed by atoms with Crippen molar-refractivity contribution >= 4 is 29.9 Å². The van der Waals surface area contributed by atoms with Crippen LogP contribution in [0, 0.1) is 0 Å². The van der Waals surface area contributed by atoms with Crippen LogP contribution in [-0.4, -0.2) is 16.2 Å². The lowest BCUT2D eigenvalue weighted by Crippen LogP contribution is -1.94. The van der Waals surface area contributed by atoms with Crippen molar-refractivity contribution in [2.45, 2.75) is 4.21 Å². The van der Waals surface area contributed by atoms with Crippen LogP contribution >= 0.6 is 24.0 Å². The predicted octanol–water partition coefficient (Wildman–Crippen LogP) is 1.44. The number of carboxylic acid groups (broad SMARTS) is 1. The molecule has 0 amide bonds. The number of thiophene rings is 1. The minimum atomic E-state index is -1.15. The molecule has 0 saturated heterocycles. The van der Waals surface area contributed by atoms with Crippen LogP contribution in [0.5, 0.6) is 5.75 Å². The Balaban J connectivity index is 3.23. The van der Waals surface area contributed by atoms with Gasteiger partial charge in [0.1, 0.15) is 11.3 Å². The van der Waals surface area contributed by atoms with Gasteiger partial charge in [-0.15, -0.1) is 24.0 Å². The van der Waals surface area contributed by atoms with E-state index < -0.39 is 5.97 Å². The first-order valence-corrected chi connectivity index (χ1v) is 3.68. The van der Waals surface area contributed by atoms with E-state index in [0.29, 0.717) is 4.21 Å². The van der Waals surface area contributed by atoms with Gasteiger partial charge in [-0.1, -0.05) is 0 Å². The van der Waals surface area contributed by atoms with Gasteiger partial charge >= 0.3 is 5.97 Å². The number of carboxylic acids is 1. The van der Waals surface area contributed by atoms with Crippen molar-refractivity contribution in [1.29, 1.82) is 0 Å². The van der Waals surface area contributed by atoms with Gasteiger partial charge < -0.3 is 10.2 Å². The minimum absolute atomic E-state index is 0.117. The van der Waals surface area contributed by atoms with E-state index in [2.05, 4.69) is 12.6 Å². The van der Waals surface area contributed by atoms with E-state index in [0.717, 1.165) is 11.3 Å². The average Bonchev–Trinajstić information content (AvgIpc) is 2.11. The summed E-state index contributed by atoms with van der Waals surface area (Å²) in [5.74, 6) is -1.37. The standard InChI is InChI=1S/C5H4O3S2/c6-2-1-10-5(9)3(2)4(7)8/h1,6,9H,(H,7,8). The molecule has 1 aromatic rings. The fourth-order valence-corrected chi connectivity index (χ4v) is 1.56. The molecule has 0 bridgehead atoms. The molecule has 1 heterocycles. The molecule has 0 spiro atoms. The summed E-state index contributed by atoms with van der Waals surface area (Å²) in [5, 5.41) is 18.7. The Morgan fingerprint density at radius 3 is 2.50 bits per heavy atom. The smallest absolute Gasteiger partial charge is 0.341 e. The van der Waals surface area contributed by atoms with Crippen LogP contribution in [0.25, 0.3) is 0 Å². The molecule has 0 atom stereocenters. The Morgan fingerprint density at radius 1 is 1.70 bits per heavy atom.